The number of halogens is 2. The smallest absolute Gasteiger partial charge is 0.131 e. The molecule has 0 unspecified atom stereocenters. The van der Waals surface area contributed by atoms with Crippen molar-refractivity contribution >= 4 is 38.5 Å². The highest BCUT2D eigenvalue weighted by Gasteiger charge is 2.06. The number of nitrogens with one attached hydrogen (secondary N) is 1. The molecule has 2 rings (SSSR count). The summed E-state index contributed by atoms with van der Waals surface area (Å²) in [4.78, 5) is 0. The topological polar surface area (TPSA) is 30.5 Å². The van der Waals surface area contributed by atoms with Gasteiger partial charge < -0.3 is 14.8 Å². The molecule has 0 radical (unpaired) electrons. The van der Waals surface area contributed by atoms with Crippen LogP contribution in [0.1, 0.15) is 5.56 Å². The molecule has 0 amide bonds. The fourth-order valence-electron chi connectivity index (χ4n) is 1.84. The van der Waals surface area contributed by atoms with E-state index in [1.165, 1.54) is 0 Å². The standard InChI is InChI=1S/C16H17BrINO2/c1-20-8-7-19-11-12-9-13(17)5-6-16(12)21-15-4-2-3-14(18)10-15/h2-6,9-10,19H,7-8,11H2,1H3. The van der Waals surface area contributed by atoms with E-state index in [0.29, 0.717) is 6.61 Å². The average Bonchev–Trinajstić information content (AvgIpc) is 2.46. The summed E-state index contributed by atoms with van der Waals surface area (Å²) in [6.45, 7) is 2.24. The van der Waals surface area contributed by atoms with Crippen molar-refractivity contribution in [2.45, 2.75) is 6.54 Å². The predicted molar refractivity (Wildman–Crippen MR) is 97.0 cm³/mol. The maximum atomic E-state index is 6.01. The summed E-state index contributed by atoms with van der Waals surface area (Å²) < 4.78 is 13.2. The van der Waals surface area contributed by atoms with Crippen LogP contribution >= 0.6 is 38.5 Å². The zero-order chi connectivity index (χ0) is 15.1. The third-order valence-corrected chi connectivity index (χ3v) is 4.01. The van der Waals surface area contributed by atoms with Gasteiger partial charge in [0, 0.05) is 33.8 Å². The molecular formula is C16H17BrINO2. The SMILES string of the molecule is COCCNCc1cc(Br)ccc1Oc1cccc(I)c1. The molecule has 21 heavy (non-hydrogen) atoms. The average molecular weight is 462 g/mol. The van der Waals surface area contributed by atoms with E-state index in [0.717, 1.165) is 38.2 Å². The van der Waals surface area contributed by atoms with Crippen LogP contribution in [0, 0.1) is 3.57 Å². The van der Waals surface area contributed by atoms with Crippen LogP contribution in [0.15, 0.2) is 46.9 Å². The van der Waals surface area contributed by atoms with Crippen molar-refractivity contribution in [2.24, 2.45) is 0 Å². The van der Waals surface area contributed by atoms with Crippen molar-refractivity contribution in [1.82, 2.24) is 5.32 Å². The molecule has 0 saturated carbocycles. The van der Waals surface area contributed by atoms with E-state index < -0.39 is 0 Å². The van der Waals surface area contributed by atoms with Crippen molar-refractivity contribution in [3.63, 3.8) is 0 Å². The number of ether oxygens (including phenoxy) is 2. The number of hydrogen-bond donors (Lipinski definition) is 1. The molecular weight excluding hydrogens is 445 g/mol. The Hall–Kier alpha value is -0.630. The summed E-state index contributed by atoms with van der Waals surface area (Å²) in [7, 11) is 1.70. The molecule has 0 aliphatic carbocycles. The van der Waals surface area contributed by atoms with Gasteiger partial charge in [-0.25, -0.2) is 0 Å². The van der Waals surface area contributed by atoms with Crippen LogP contribution in [-0.2, 0) is 11.3 Å². The molecule has 112 valence electrons. The van der Waals surface area contributed by atoms with Crippen LogP contribution in [-0.4, -0.2) is 20.3 Å². The van der Waals surface area contributed by atoms with Gasteiger partial charge in [-0.2, -0.15) is 0 Å². The minimum atomic E-state index is 0.696. The summed E-state index contributed by atoms with van der Waals surface area (Å²) in [5, 5.41) is 3.34. The minimum Gasteiger partial charge on any atom is -0.457 e. The van der Waals surface area contributed by atoms with Crippen molar-refractivity contribution in [3.05, 3.63) is 56.1 Å². The van der Waals surface area contributed by atoms with E-state index in [-0.39, 0.29) is 0 Å². The van der Waals surface area contributed by atoms with E-state index in [4.69, 9.17) is 9.47 Å². The normalized spacial score (nSPS) is 10.6. The molecule has 0 aliphatic rings. The Balaban J connectivity index is 2.10. The van der Waals surface area contributed by atoms with Crippen LogP contribution in [0.2, 0.25) is 0 Å². The molecule has 0 heterocycles. The lowest BCUT2D eigenvalue weighted by Crippen LogP contribution is -2.18. The summed E-state index contributed by atoms with van der Waals surface area (Å²) in [6, 6.07) is 14.1. The molecule has 0 aromatic heterocycles. The fourth-order valence-corrected chi connectivity index (χ4v) is 2.76. The molecule has 5 heteroatoms. The first kappa shape index (κ1) is 16.7. The quantitative estimate of drug-likeness (QED) is 0.483. The van der Waals surface area contributed by atoms with E-state index in [9.17, 15) is 0 Å². The number of methoxy groups -OCH3 is 1. The Morgan fingerprint density at radius 1 is 1.19 bits per heavy atom. The van der Waals surface area contributed by atoms with Gasteiger partial charge in [0.2, 0.25) is 0 Å². The van der Waals surface area contributed by atoms with Crippen LogP contribution in [0.3, 0.4) is 0 Å². The highest BCUT2D eigenvalue weighted by atomic mass is 127. The Kier molecular flexibility index (Phi) is 6.95. The molecule has 1 N–H and O–H groups in total. The van der Waals surface area contributed by atoms with Gasteiger partial charge in [0.15, 0.2) is 0 Å². The monoisotopic (exact) mass is 461 g/mol. The van der Waals surface area contributed by atoms with Crippen LogP contribution < -0.4 is 10.1 Å². The molecule has 3 nitrogen and oxygen atoms in total. The second kappa shape index (κ2) is 8.73. The number of rotatable bonds is 7. The van der Waals surface area contributed by atoms with Crippen LogP contribution in [0.25, 0.3) is 0 Å². The number of hydrogen-bond acceptors (Lipinski definition) is 3. The molecule has 0 bridgehead atoms. The zero-order valence-corrected chi connectivity index (χ0v) is 15.5. The minimum absolute atomic E-state index is 0.696. The van der Waals surface area contributed by atoms with E-state index in [1.807, 2.05) is 36.4 Å². The van der Waals surface area contributed by atoms with Crippen LogP contribution in [0.4, 0.5) is 0 Å². The van der Waals surface area contributed by atoms with Crippen LogP contribution in [0.5, 0.6) is 11.5 Å². The molecule has 2 aromatic rings. The molecule has 2 aromatic carbocycles. The third kappa shape index (κ3) is 5.58. The highest BCUT2D eigenvalue weighted by molar-refractivity contribution is 14.1. The van der Waals surface area contributed by atoms with E-state index in [2.05, 4.69) is 49.9 Å². The van der Waals surface area contributed by atoms with Gasteiger partial charge >= 0.3 is 0 Å². The zero-order valence-electron chi connectivity index (χ0n) is 11.7. The predicted octanol–water partition coefficient (Wildman–Crippen LogP) is 4.58. The molecule has 0 spiro atoms. The Labute approximate surface area is 147 Å². The Morgan fingerprint density at radius 3 is 2.81 bits per heavy atom. The summed E-state index contributed by atoms with van der Waals surface area (Å²) in [5.74, 6) is 1.72. The molecule has 0 fully saturated rings. The molecule has 0 saturated heterocycles. The van der Waals surface area contributed by atoms with E-state index >= 15 is 0 Å². The first-order valence-corrected chi connectivity index (χ1v) is 8.47. The fraction of sp³-hybridized carbons (Fsp3) is 0.250. The van der Waals surface area contributed by atoms with Gasteiger partial charge in [-0.15, -0.1) is 0 Å². The Bertz CT molecular complexity index is 592. The van der Waals surface area contributed by atoms with Gasteiger partial charge in [-0.05, 0) is 59.0 Å². The van der Waals surface area contributed by atoms with E-state index in [1.54, 1.807) is 7.11 Å². The van der Waals surface area contributed by atoms with Gasteiger partial charge in [0.05, 0.1) is 6.61 Å². The summed E-state index contributed by atoms with van der Waals surface area (Å²) >= 11 is 5.79. The van der Waals surface area contributed by atoms with Crippen molar-refractivity contribution in [2.75, 3.05) is 20.3 Å². The van der Waals surface area contributed by atoms with Crippen molar-refractivity contribution in [1.29, 1.82) is 0 Å². The first-order valence-electron chi connectivity index (χ1n) is 6.60. The molecule has 0 aliphatic heterocycles. The van der Waals surface area contributed by atoms with Gasteiger partial charge in [-0.1, -0.05) is 22.0 Å². The maximum Gasteiger partial charge on any atom is 0.131 e. The lowest BCUT2D eigenvalue weighted by Gasteiger charge is -2.13. The second-order valence-electron chi connectivity index (χ2n) is 4.48. The van der Waals surface area contributed by atoms with Crippen molar-refractivity contribution < 1.29 is 9.47 Å². The number of benzene rings is 2. The van der Waals surface area contributed by atoms with Gasteiger partial charge in [0.1, 0.15) is 11.5 Å². The highest BCUT2D eigenvalue weighted by Crippen LogP contribution is 2.28. The lowest BCUT2D eigenvalue weighted by molar-refractivity contribution is 0.199. The first-order chi connectivity index (χ1) is 10.2. The van der Waals surface area contributed by atoms with Gasteiger partial charge in [0.25, 0.3) is 0 Å². The molecule has 0 atom stereocenters. The second-order valence-corrected chi connectivity index (χ2v) is 6.64. The summed E-state index contributed by atoms with van der Waals surface area (Å²) in [5.41, 5.74) is 1.11. The largest absolute Gasteiger partial charge is 0.457 e. The van der Waals surface area contributed by atoms with Crippen molar-refractivity contribution in [3.8, 4) is 11.5 Å². The third-order valence-electron chi connectivity index (χ3n) is 2.84. The Morgan fingerprint density at radius 2 is 2.05 bits per heavy atom. The summed E-state index contributed by atoms with van der Waals surface area (Å²) in [6.07, 6.45) is 0. The lowest BCUT2D eigenvalue weighted by atomic mass is 10.2. The maximum absolute atomic E-state index is 6.01. The van der Waals surface area contributed by atoms with Gasteiger partial charge in [-0.3, -0.25) is 0 Å².